The second-order valence-electron chi connectivity index (χ2n) is 3.27. The minimum absolute atomic E-state index is 0.824. The second-order valence-corrected chi connectivity index (χ2v) is 3.27. The number of nitrogens with one attached hydrogen (secondary N) is 2. The van der Waals surface area contributed by atoms with Crippen molar-refractivity contribution in [3.8, 4) is 0 Å². The van der Waals surface area contributed by atoms with Crippen LogP contribution in [0.25, 0.3) is 0 Å². The molecule has 1 fully saturated rings. The lowest BCUT2D eigenvalue weighted by atomic mass is 10.0. The van der Waals surface area contributed by atoms with E-state index in [1.54, 1.807) is 0 Å². The summed E-state index contributed by atoms with van der Waals surface area (Å²) in [5, 5.41) is 6.66. The molecule has 2 nitrogen and oxygen atoms in total. The monoisotopic (exact) mass is 162 g/mol. The van der Waals surface area contributed by atoms with Gasteiger partial charge in [-0.1, -0.05) is 18.2 Å². The van der Waals surface area contributed by atoms with Gasteiger partial charge in [0.2, 0.25) is 0 Å². The summed E-state index contributed by atoms with van der Waals surface area (Å²) in [6.07, 6.45) is 0. The maximum Gasteiger partial charge on any atom is 0.0340 e. The van der Waals surface area contributed by atoms with Crippen LogP contribution >= 0.6 is 0 Å². The molecule has 1 heterocycles. The zero-order valence-electron chi connectivity index (χ0n) is 7.09. The highest BCUT2D eigenvalue weighted by Gasteiger charge is 2.15. The number of anilines is 1. The Hall–Kier alpha value is -1.02. The number of benzene rings is 1. The number of para-hydroxylation sites is 1. The van der Waals surface area contributed by atoms with Gasteiger partial charge in [-0.15, -0.1) is 0 Å². The number of rotatable bonds is 3. The molecule has 0 spiro atoms. The van der Waals surface area contributed by atoms with E-state index in [4.69, 9.17) is 0 Å². The van der Waals surface area contributed by atoms with Gasteiger partial charge in [-0.05, 0) is 12.1 Å². The van der Waals surface area contributed by atoms with Crippen LogP contribution in [0.1, 0.15) is 0 Å². The molecule has 0 aromatic heterocycles. The molecule has 0 aliphatic carbocycles. The molecule has 1 aromatic carbocycles. The van der Waals surface area contributed by atoms with Crippen LogP contribution in [0.3, 0.4) is 0 Å². The molecule has 0 bridgehead atoms. The van der Waals surface area contributed by atoms with Crippen LogP contribution in [-0.4, -0.2) is 19.6 Å². The van der Waals surface area contributed by atoms with Crippen molar-refractivity contribution < 1.29 is 0 Å². The van der Waals surface area contributed by atoms with E-state index in [9.17, 15) is 0 Å². The van der Waals surface area contributed by atoms with Crippen molar-refractivity contribution in [2.45, 2.75) is 0 Å². The highest BCUT2D eigenvalue weighted by molar-refractivity contribution is 5.42. The minimum atomic E-state index is 0.824. The predicted molar refractivity (Wildman–Crippen MR) is 51.3 cm³/mol. The van der Waals surface area contributed by atoms with Gasteiger partial charge in [-0.25, -0.2) is 0 Å². The Bertz CT molecular complexity index is 229. The first-order chi connectivity index (χ1) is 5.95. The van der Waals surface area contributed by atoms with Crippen molar-refractivity contribution >= 4 is 5.69 Å². The third-order valence-electron chi connectivity index (χ3n) is 2.23. The summed E-state index contributed by atoms with van der Waals surface area (Å²) < 4.78 is 0. The van der Waals surface area contributed by atoms with Gasteiger partial charge in [0.05, 0.1) is 0 Å². The van der Waals surface area contributed by atoms with Crippen molar-refractivity contribution in [3.63, 3.8) is 0 Å². The molecule has 0 amide bonds. The van der Waals surface area contributed by atoms with Crippen molar-refractivity contribution in [1.82, 2.24) is 5.32 Å². The quantitative estimate of drug-likeness (QED) is 0.700. The summed E-state index contributed by atoms with van der Waals surface area (Å²) in [6.45, 7) is 3.43. The Kier molecular flexibility index (Phi) is 2.28. The zero-order chi connectivity index (χ0) is 8.23. The topological polar surface area (TPSA) is 24.1 Å². The summed E-state index contributed by atoms with van der Waals surface area (Å²) in [5.41, 5.74) is 1.23. The van der Waals surface area contributed by atoms with Crippen LogP contribution in [0.2, 0.25) is 0 Å². The first kappa shape index (κ1) is 7.62. The van der Waals surface area contributed by atoms with E-state index in [-0.39, 0.29) is 0 Å². The molecule has 1 aliphatic rings. The summed E-state index contributed by atoms with van der Waals surface area (Å²) in [6, 6.07) is 10.4. The molecule has 2 rings (SSSR count). The average molecular weight is 162 g/mol. The van der Waals surface area contributed by atoms with Crippen LogP contribution in [0.4, 0.5) is 5.69 Å². The largest absolute Gasteiger partial charge is 0.385 e. The van der Waals surface area contributed by atoms with Crippen molar-refractivity contribution in [2.75, 3.05) is 25.0 Å². The first-order valence-electron chi connectivity index (χ1n) is 4.45. The maximum atomic E-state index is 3.41. The lowest BCUT2D eigenvalue weighted by molar-refractivity contribution is 0.365. The summed E-state index contributed by atoms with van der Waals surface area (Å²) in [5.74, 6) is 0.824. The Morgan fingerprint density at radius 1 is 1.25 bits per heavy atom. The van der Waals surface area contributed by atoms with Gasteiger partial charge >= 0.3 is 0 Å². The van der Waals surface area contributed by atoms with E-state index in [2.05, 4.69) is 34.9 Å². The lowest BCUT2D eigenvalue weighted by Gasteiger charge is -2.27. The van der Waals surface area contributed by atoms with Gasteiger partial charge in [-0.2, -0.15) is 0 Å². The summed E-state index contributed by atoms with van der Waals surface area (Å²) in [4.78, 5) is 0. The van der Waals surface area contributed by atoms with Crippen LogP contribution in [0.15, 0.2) is 30.3 Å². The highest BCUT2D eigenvalue weighted by atomic mass is 15.0. The van der Waals surface area contributed by atoms with Gasteiger partial charge in [0.15, 0.2) is 0 Å². The molecular weight excluding hydrogens is 148 g/mol. The Balaban J connectivity index is 1.79. The van der Waals surface area contributed by atoms with Gasteiger partial charge in [0, 0.05) is 31.2 Å². The van der Waals surface area contributed by atoms with E-state index >= 15 is 0 Å². The number of hydrogen-bond acceptors (Lipinski definition) is 2. The smallest absolute Gasteiger partial charge is 0.0340 e. The van der Waals surface area contributed by atoms with E-state index in [0.29, 0.717) is 0 Å². The Morgan fingerprint density at radius 2 is 2.00 bits per heavy atom. The maximum absolute atomic E-state index is 3.41. The molecule has 0 saturated carbocycles. The van der Waals surface area contributed by atoms with Crippen LogP contribution in [-0.2, 0) is 0 Å². The SMILES string of the molecule is c1ccc(NCC2CNC2)cc1. The van der Waals surface area contributed by atoms with Crippen LogP contribution < -0.4 is 10.6 Å². The first-order valence-corrected chi connectivity index (χ1v) is 4.45. The Morgan fingerprint density at radius 3 is 2.58 bits per heavy atom. The van der Waals surface area contributed by atoms with Crippen LogP contribution in [0.5, 0.6) is 0 Å². The fraction of sp³-hybridized carbons (Fsp3) is 0.400. The van der Waals surface area contributed by atoms with Crippen molar-refractivity contribution in [2.24, 2.45) is 5.92 Å². The molecule has 0 unspecified atom stereocenters. The molecule has 12 heavy (non-hydrogen) atoms. The van der Waals surface area contributed by atoms with E-state index in [1.807, 2.05) is 6.07 Å². The van der Waals surface area contributed by atoms with Gasteiger partial charge in [0.25, 0.3) is 0 Å². The van der Waals surface area contributed by atoms with Gasteiger partial charge in [0.1, 0.15) is 0 Å². The fourth-order valence-electron chi connectivity index (χ4n) is 1.31. The van der Waals surface area contributed by atoms with Crippen molar-refractivity contribution in [1.29, 1.82) is 0 Å². The fourth-order valence-corrected chi connectivity index (χ4v) is 1.31. The number of hydrogen-bond donors (Lipinski definition) is 2. The molecule has 2 heteroatoms. The van der Waals surface area contributed by atoms with E-state index in [1.165, 1.54) is 18.8 Å². The second kappa shape index (κ2) is 3.59. The molecule has 1 aliphatic heterocycles. The normalized spacial score (nSPS) is 17.0. The molecule has 1 saturated heterocycles. The van der Waals surface area contributed by atoms with Gasteiger partial charge in [-0.3, -0.25) is 0 Å². The molecule has 0 atom stereocenters. The summed E-state index contributed by atoms with van der Waals surface area (Å²) >= 11 is 0. The van der Waals surface area contributed by atoms with E-state index < -0.39 is 0 Å². The zero-order valence-corrected chi connectivity index (χ0v) is 7.09. The molecule has 0 radical (unpaired) electrons. The minimum Gasteiger partial charge on any atom is -0.385 e. The highest BCUT2D eigenvalue weighted by Crippen LogP contribution is 2.08. The summed E-state index contributed by atoms with van der Waals surface area (Å²) in [7, 11) is 0. The third-order valence-corrected chi connectivity index (χ3v) is 2.23. The third kappa shape index (κ3) is 1.77. The van der Waals surface area contributed by atoms with E-state index in [0.717, 1.165) is 12.5 Å². The Labute approximate surface area is 73.0 Å². The standard InChI is InChI=1S/C10H14N2/c1-2-4-10(5-3-1)12-8-9-6-11-7-9/h1-5,9,11-12H,6-8H2. The molecule has 1 aromatic rings. The lowest BCUT2D eigenvalue weighted by Crippen LogP contribution is -2.45. The average Bonchev–Trinajstić information content (AvgIpc) is 2.04. The molecule has 64 valence electrons. The van der Waals surface area contributed by atoms with Crippen molar-refractivity contribution in [3.05, 3.63) is 30.3 Å². The predicted octanol–water partition coefficient (Wildman–Crippen LogP) is 1.32. The molecular formula is C10H14N2. The van der Waals surface area contributed by atoms with Gasteiger partial charge < -0.3 is 10.6 Å². The molecule has 2 N–H and O–H groups in total. The van der Waals surface area contributed by atoms with Crippen LogP contribution in [0, 0.1) is 5.92 Å².